The fourth-order valence-corrected chi connectivity index (χ4v) is 7.47. The molecule has 2 N–H and O–H groups in total. The topological polar surface area (TPSA) is 100 Å². The molecule has 62 heavy (non-hydrogen) atoms. The summed E-state index contributed by atoms with van der Waals surface area (Å²) < 4.78 is 17.1. The van der Waals surface area contributed by atoms with Gasteiger partial charge >= 0.3 is 0 Å². The quantitative estimate of drug-likeness (QED) is 0.212. The summed E-state index contributed by atoms with van der Waals surface area (Å²) in [6.07, 6.45) is 1.10. The van der Waals surface area contributed by atoms with Crippen molar-refractivity contribution in [3.63, 3.8) is 0 Å². The van der Waals surface area contributed by atoms with E-state index in [1.807, 2.05) is 12.3 Å². The Hall–Kier alpha value is -1.61. The second-order valence-corrected chi connectivity index (χ2v) is 24.7. The lowest BCUT2D eigenvalue weighted by Gasteiger charge is -2.42. The number of β-amino-alcohol motifs (C(OH)–C–C–N with tert-alkyl or cyclic N) is 2. The summed E-state index contributed by atoms with van der Waals surface area (Å²) in [7, 11) is 0. The number of rotatable bonds is 13. The summed E-state index contributed by atoms with van der Waals surface area (Å²) in [5, 5.41) is 20.1. The van der Waals surface area contributed by atoms with Gasteiger partial charge in [0.2, 0.25) is 0 Å². The third kappa shape index (κ3) is 24.6. The van der Waals surface area contributed by atoms with Gasteiger partial charge in [-0.2, -0.15) is 0 Å². The van der Waals surface area contributed by atoms with Crippen molar-refractivity contribution in [2.75, 3.05) is 130 Å². The van der Waals surface area contributed by atoms with Crippen LogP contribution in [0.2, 0.25) is 0 Å². The van der Waals surface area contributed by atoms with Crippen LogP contribution in [-0.4, -0.2) is 193 Å². The fourth-order valence-electron chi connectivity index (χ4n) is 7.47. The molecule has 0 unspecified atom stereocenters. The maximum atomic E-state index is 10.0. The van der Waals surface area contributed by atoms with E-state index in [-0.39, 0.29) is 45.1 Å². The molecule has 0 bridgehead atoms. The summed E-state index contributed by atoms with van der Waals surface area (Å²) in [4.78, 5) is 19.1. The van der Waals surface area contributed by atoms with E-state index in [1.54, 1.807) is 0 Å². The minimum absolute atomic E-state index is 0.165. The molecule has 4 rings (SSSR count). The zero-order valence-electron chi connectivity index (χ0n) is 43.6. The van der Waals surface area contributed by atoms with Crippen molar-refractivity contribution in [3.8, 4) is 5.75 Å². The number of piperazine rings is 3. The largest absolute Gasteiger partial charge is 0.493 e. The third-order valence-electron chi connectivity index (χ3n) is 11.2. The number of ether oxygens (including phenoxy) is 3. The van der Waals surface area contributed by atoms with Crippen molar-refractivity contribution in [2.24, 2.45) is 16.2 Å². The number of anilines is 1. The molecule has 12 nitrogen and oxygen atoms in total. The maximum Gasteiger partial charge on any atom is 0.132 e. The number of nitrogens with zero attached hydrogens (tertiary/aromatic N) is 7. The molecule has 4 heterocycles. The van der Waals surface area contributed by atoms with Crippen LogP contribution in [0.5, 0.6) is 5.75 Å². The third-order valence-corrected chi connectivity index (χ3v) is 11.2. The minimum atomic E-state index is -0.376. The molecule has 3 aliphatic heterocycles. The van der Waals surface area contributed by atoms with E-state index in [4.69, 9.17) is 14.2 Å². The molecule has 0 spiro atoms. The van der Waals surface area contributed by atoms with E-state index in [9.17, 15) is 10.2 Å². The Bertz CT molecular complexity index is 1290. The van der Waals surface area contributed by atoms with Crippen LogP contribution in [0.4, 0.5) is 5.82 Å². The van der Waals surface area contributed by atoms with Gasteiger partial charge in [0.25, 0.3) is 0 Å². The number of aromatic nitrogens is 1. The summed E-state index contributed by atoms with van der Waals surface area (Å²) in [5.74, 6) is 1.94. The van der Waals surface area contributed by atoms with Gasteiger partial charge in [0, 0.05) is 121 Å². The highest BCUT2D eigenvalue weighted by Gasteiger charge is 2.29. The lowest BCUT2D eigenvalue weighted by Crippen LogP contribution is -2.54. The summed E-state index contributed by atoms with van der Waals surface area (Å²) in [6.45, 7) is 56.9. The molecule has 12 heteroatoms. The number of pyridine rings is 1. The highest BCUT2D eigenvalue weighted by molar-refractivity contribution is 5.44. The molecule has 364 valence electrons. The van der Waals surface area contributed by atoms with Crippen LogP contribution in [0.15, 0.2) is 18.3 Å². The van der Waals surface area contributed by atoms with Crippen LogP contribution in [0.1, 0.15) is 125 Å². The predicted molar refractivity (Wildman–Crippen MR) is 261 cm³/mol. The Morgan fingerprint density at radius 1 is 0.500 bits per heavy atom. The first-order chi connectivity index (χ1) is 28.3. The van der Waals surface area contributed by atoms with Crippen molar-refractivity contribution in [2.45, 2.75) is 153 Å². The molecule has 3 aliphatic rings. The summed E-state index contributed by atoms with van der Waals surface area (Å²) in [6, 6.07) is 4.01. The second-order valence-electron chi connectivity index (χ2n) is 24.7. The van der Waals surface area contributed by atoms with Gasteiger partial charge < -0.3 is 29.3 Å². The molecular formula is C50H99N7O5. The van der Waals surface area contributed by atoms with E-state index in [0.717, 1.165) is 103 Å². The molecule has 2 atom stereocenters. The monoisotopic (exact) mass is 878 g/mol. The molecule has 1 aromatic rings. The van der Waals surface area contributed by atoms with Crippen molar-refractivity contribution >= 4 is 5.82 Å². The minimum Gasteiger partial charge on any atom is -0.493 e. The van der Waals surface area contributed by atoms with Gasteiger partial charge in [-0.25, -0.2) is 4.98 Å². The molecule has 0 amide bonds. The average Bonchev–Trinajstić information content (AvgIpc) is 3.13. The Morgan fingerprint density at radius 3 is 1.16 bits per heavy atom. The van der Waals surface area contributed by atoms with Gasteiger partial charge in [-0.3, -0.25) is 24.5 Å². The number of aliphatic hydroxyl groups excluding tert-OH is 2. The summed E-state index contributed by atoms with van der Waals surface area (Å²) >= 11 is 0. The van der Waals surface area contributed by atoms with Crippen LogP contribution >= 0.6 is 0 Å². The molecular weight excluding hydrogens is 779 g/mol. The van der Waals surface area contributed by atoms with E-state index in [0.29, 0.717) is 33.0 Å². The van der Waals surface area contributed by atoms with Gasteiger partial charge in [0.1, 0.15) is 11.6 Å². The Labute approximate surface area is 382 Å². The van der Waals surface area contributed by atoms with Gasteiger partial charge in [-0.1, -0.05) is 62.3 Å². The smallest absolute Gasteiger partial charge is 0.132 e. The van der Waals surface area contributed by atoms with Crippen LogP contribution in [-0.2, 0) is 9.47 Å². The van der Waals surface area contributed by atoms with Crippen LogP contribution in [0, 0.1) is 16.2 Å². The fraction of sp³-hybridized carbons (Fsp3) is 0.900. The highest BCUT2D eigenvalue weighted by Crippen LogP contribution is 2.24. The number of aliphatic hydroxyl groups is 2. The van der Waals surface area contributed by atoms with E-state index in [2.05, 4.69) is 165 Å². The van der Waals surface area contributed by atoms with Gasteiger partial charge in [-0.15, -0.1) is 0 Å². The molecule has 0 aliphatic carbocycles. The Balaban J connectivity index is 0.000000321. The van der Waals surface area contributed by atoms with Crippen LogP contribution in [0.25, 0.3) is 0 Å². The average molecular weight is 878 g/mol. The zero-order chi connectivity index (χ0) is 47.2. The lowest BCUT2D eigenvalue weighted by molar-refractivity contribution is -0.0183. The van der Waals surface area contributed by atoms with Crippen LogP contribution < -0.4 is 9.64 Å². The SMILES string of the molecule is CC(C)(C)COC[C@@H](O)CN1CCN(C(C)(C)C)CC1.CC(C)(C)COC[C@H](O)CN1CCN(C(C)(C)C)CC1.CC(C)(C)COc1ccnc(N2CCN(C(C)(C)C)CC2)c1. The first-order valence-electron chi connectivity index (χ1n) is 23.9. The number of hydrogen-bond donors (Lipinski definition) is 2. The van der Waals surface area contributed by atoms with Gasteiger partial charge in [-0.05, 0) is 84.6 Å². The first-order valence-corrected chi connectivity index (χ1v) is 23.9. The molecule has 3 saturated heterocycles. The standard InChI is InChI=1S/C18H31N3O.2C16H34N2O2/c1-17(2,3)14-22-15-7-8-19-16(13-15)20-9-11-21(12-10-20)18(4,5)6;2*1-15(2,3)13-20-12-14(19)11-17-7-9-18(10-8-17)16(4,5)6/h7-8,13H,9-12,14H2,1-6H3;2*14,19H,7-13H2,1-6H3/t;2*14-/m.10/s1. The molecule has 0 radical (unpaired) electrons. The highest BCUT2D eigenvalue weighted by atomic mass is 16.5. The first kappa shape index (κ1) is 56.5. The maximum absolute atomic E-state index is 10.0. The van der Waals surface area contributed by atoms with Crippen molar-refractivity contribution in [1.29, 1.82) is 0 Å². The molecule has 3 fully saturated rings. The normalized spacial score (nSPS) is 19.9. The van der Waals surface area contributed by atoms with E-state index < -0.39 is 0 Å². The molecule has 0 saturated carbocycles. The van der Waals surface area contributed by atoms with E-state index in [1.165, 1.54) is 0 Å². The van der Waals surface area contributed by atoms with E-state index >= 15 is 0 Å². The lowest BCUT2D eigenvalue weighted by atomic mass is 9.99. The second kappa shape index (κ2) is 24.8. The zero-order valence-corrected chi connectivity index (χ0v) is 43.6. The van der Waals surface area contributed by atoms with Crippen molar-refractivity contribution in [3.05, 3.63) is 18.3 Å². The Kier molecular flexibility index (Phi) is 22.6. The van der Waals surface area contributed by atoms with Crippen molar-refractivity contribution in [1.82, 2.24) is 29.5 Å². The predicted octanol–water partition coefficient (Wildman–Crippen LogP) is 7.08. The number of hydrogen-bond acceptors (Lipinski definition) is 12. The molecule has 0 aromatic carbocycles. The Morgan fingerprint density at radius 2 is 0.839 bits per heavy atom. The molecule has 1 aromatic heterocycles. The van der Waals surface area contributed by atoms with Crippen LogP contribution in [0.3, 0.4) is 0 Å². The van der Waals surface area contributed by atoms with Crippen molar-refractivity contribution < 1.29 is 24.4 Å². The van der Waals surface area contributed by atoms with Gasteiger partial charge in [0.05, 0.1) is 45.2 Å². The van der Waals surface area contributed by atoms with Gasteiger partial charge in [0.15, 0.2) is 0 Å². The summed E-state index contributed by atoms with van der Waals surface area (Å²) in [5.41, 5.74) is 1.25.